The highest BCUT2D eigenvalue weighted by atomic mass is 16.5. The van der Waals surface area contributed by atoms with Crippen molar-refractivity contribution in [2.45, 2.75) is 32.6 Å². The molecular formula is C15H16O3. The van der Waals surface area contributed by atoms with Gasteiger partial charge in [0.25, 0.3) is 0 Å². The van der Waals surface area contributed by atoms with Crippen molar-refractivity contribution in [3.8, 4) is 5.75 Å². The van der Waals surface area contributed by atoms with Crippen molar-refractivity contribution in [3.05, 3.63) is 28.8 Å². The molecule has 3 heteroatoms. The van der Waals surface area contributed by atoms with E-state index in [1.54, 1.807) is 0 Å². The Morgan fingerprint density at radius 2 is 1.89 bits per heavy atom. The predicted molar refractivity (Wildman–Crippen MR) is 67.1 cm³/mol. The smallest absolute Gasteiger partial charge is 0.180 e. The van der Waals surface area contributed by atoms with Gasteiger partial charge in [-0.05, 0) is 55.9 Å². The number of fused-ring (bicyclic) bond motifs is 2. The first-order chi connectivity index (χ1) is 8.66. The molecule has 0 saturated heterocycles. The maximum absolute atomic E-state index is 12.2. The van der Waals surface area contributed by atoms with Crippen LogP contribution in [-0.2, 0) is 17.6 Å². The molecule has 3 nitrogen and oxygen atoms in total. The molecule has 1 aromatic rings. The lowest BCUT2D eigenvalue weighted by atomic mass is 9.85. The second kappa shape index (κ2) is 4.23. The van der Waals surface area contributed by atoms with Crippen LogP contribution >= 0.6 is 0 Å². The molecule has 1 aliphatic carbocycles. The summed E-state index contributed by atoms with van der Waals surface area (Å²) in [6, 6.07) is 3.94. The molecule has 0 N–H and O–H groups in total. The van der Waals surface area contributed by atoms with Crippen molar-refractivity contribution in [2.24, 2.45) is 5.92 Å². The lowest BCUT2D eigenvalue weighted by molar-refractivity contribution is -0.120. The number of aryl methyl sites for hydroxylation is 2. The van der Waals surface area contributed by atoms with E-state index in [-0.39, 0.29) is 18.2 Å². The number of ether oxygens (including phenoxy) is 1. The molecule has 2 aliphatic rings. The fourth-order valence-corrected chi connectivity index (χ4v) is 2.81. The van der Waals surface area contributed by atoms with Gasteiger partial charge in [-0.15, -0.1) is 0 Å². The zero-order chi connectivity index (χ0) is 12.7. The van der Waals surface area contributed by atoms with E-state index in [0.29, 0.717) is 11.3 Å². The minimum atomic E-state index is -0.612. The Bertz CT molecular complexity index is 531. The van der Waals surface area contributed by atoms with E-state index in [2.05, 4.69) is 0 Å². The second-order valence-corrected chi connectivity index (χ2v) is 5.16. The third-order valence-corrected chi connectivity index (χ3v) is 3.92. The van der Waals surface area contributed by atoms with Gasteiger partial charge in [0.15, 0.2) is 5.78 Å². The first kappa shape index (κ1) is 11.5. The molecule has 94 valence electrons. The maximum atomic E-state index is 12.2. The van der Waals surface area contributed by atoms with Gasteiger partial charge in [0.1, 0.15) is 24.1 Å². The van der Waals surface area contributed by atoms with Crippen molar-refractivity contribution in [1.82, 2.24) is 0 Å². The van der Waals surface area contributed by atoms with Crippen LogP contribution in [0.1, 0.15) is 41.3 Å². The summed E-state index contributed by atoms with van der Waals surface area (Å²) in [5, 5.41) is 0. The van der Waals surface area contributed by atoms with E-state index in [1.807, 2.05) is 12.1 Å². The average Bonchev–Trinajstić information content (AvgIpc) is 2.37. The Hall–Kier alpha value is -1.64. The van der Waals surface area contributed by atoms with E-state index in [4.69, 9.17) is 4.74 Å². The lowest BCUT2D eigenvalue weighted by Gasteiger charge is -2.25. The quantitative estimate of drug-likeness (QED) is 0.712. The first-order valence-electron chi connectivity index (χ1n) is 6.50. The van der Waals surface area contributed by atoms with Crippen LogP contribution in [-0.4, -0.2) is 18.2 Å². The summed E-state index contributed by atoms with van der Waals surface area (Å²) < 4.78 is 5.59. The van der Waals surface area contributed by atoms with Crippen LogP contribution in [0.2, 0.25) is 0 Å². The van der Waals surface area contributed by atoms with Crippen LogP contribution in [0, 0.1) is 5.92 Å². The molecule has 0 radical (unpaired) electrons. The normalized spacial score (nSPS) is 21.8. The molecule has 1 atom stereocenters. The number of Topliss-reactive ketones (excluding diaryl/α,β-unsaturated/α-hetero) is 2. The third-order valence-electron chi connectivity index (χ3n) is 3.92. The molecule has 0 fully saturated rings. The number of carbonyl (C=O) groups excluding carboxylic acids is 2. The molecule has 0 saturated carbocycles. The van der Waals surface area contributed by atoms with E-state index in [9.17, 15) is 9.59 Å². The molecule has 0 spiro atoms. The van der Waals surface area contributed by atoms with Crippen molar-refractivity contribution >= 4 is 11.6 Å². The van der Waals surface area contributed by atoms with Gasteiger partial charge in [0.05, 0.1) is 5.56 Å². The Morgan fingerprint density at radius 3 is 2.56 bits per heavy atom. The number of rotatable bonds is 1. The van der Waals surface area contributed by atoms with Gasteiger partial charge in [0, 0.05) is 0 Å². The first-order valence-corrected chi connectivity index (χ1v) is 6.50. The summed E-state index contributed by atoms with van der Waals surface area (Å²) in [6.07, 6.45) is 4.48. The Kier molecular flexibility index (Phi) is 2.69. The van der Waals surface area contributed by atoms with Crippen LogP contribution in [0.5, 0.6) is 5.75 Å². The van der Waals surface area contributed by atoms with Gasteiger partial charge < -0.3 is 4.74 Å². The van der Waals surface area contributed by atoms with Crippen LogP contribution in [0.25, 0.3) is 0 Å². The molecule has 1 aromatic carbocycles. The minimum absolute atomic E-state index is 0.0721. The van der Waals surface area contributed by atoms with Crippen molar-refractivity contribution < 1.29 is 14.3 Å². The minimum Gasteiger partial charge on any atom is -0.492 e. The number of ketones is 2. The maximum Gasteiger partial charge on any atom is 0.180 e. The third kappa shape index (κ3) is 1.74. The van der Waals surface area contributed by atoms with E-state index in [0.717, 1.165) is 12.8 Å². The van der Waals surface area contributed by atoms with Crippen LogP contribution in [0.3, 0.4) is 0 Å². The predicted octanol–water partition coefficient (Wildman–Crippen LogP) is 2.35. The van der Waals surface area contributed by atoms with Gasteiger partial charge in [-0.3, -0.25) is 9.59 Å². The molecule has 0 aromatic heterocycles. The summed E-state index contributed by atoms with van der Waals surface area (Å²) in [4.78, 5) is 23.7. The van der Waals surface area contributed by atoms with Gasteiger partial charge >= 0.3 is 0 Å². The van der Waals surface area contributed by atoms with Crippen LogP contribution in [0.15, 0.2) is 12.1 Å². The SMILES string of the molecule is CC(=O)C1COc2cc3c(cc2C1=O)CCCC3. The number of benzene rings is 1. The summed E-state index contributed by atoms with van der Waals surface area (Å²) >= 11 is 0. The molecule has 0 bridgehead atoms. The van der Waals surface area contributed by atoms with E-state index >= 15 is 0 Å². The summed E-state index contributed by atoms with van der Waals surface area (Å²) in [6.45, 7) is 1.65. The highest BCUT2D eigenvalue weighted by Crippen LogP contribution is 2.33. The molecule has 18 heavy (non-hydrogen) atoms. The summed E-state index contributed by atoms with van der Waals surface area (Å²) in [5.74, 6) is -0.127. The van der Waals surface area contributed by atoms with Gasteiger partial charge in [0.2, 0.25) is 0 Å². The summed E-state index contributed by atoms with van der Waals surface area (Å²) in [5.41, 5.74) is 3.15. The fourth-order valence-electron chi connectivity index (χ4n) is 2.81. The Balaban J connectivity index is 2.04. The van der Waals surface area contributed by atoms with Crippen molar-refractivity contribution in [2.75, 3.05) is 6.61 Å². The van der Waals surface area contributed by atoms with E-state index < -0.39 is 5.92 Å². The zero-order valence-electron chi connectivity index (χ0n) is 10.5. The topological polar surface area (TPSA) is 43.4 Å². The van der Waals surface area contributed by atoms with Gasteiger partial charge in [-0.1, -0.05) is 0 Å². The number of hydrogen-bond donors (Lipinski definition) is 0. The second-order valence-electron chi connectivity index (χ2n) is 5.16. The Labute approximate surface area is 106 Å². The standard InChI is InChI=1S/C15H16O3/c1-9(16)13-8-18-14-7-11-5-3-2-4-10(11)6-12(14)15(13)17/h6-7,13H,2-5,8H2,1H3. The lowest BCUT2D eigenvalue weighted by Crippen LogP contribution is -2.33. The zero-order valence-corrected chi connectivity index (χ0v) is 10.5. The number of carbonyl (C=O) groups is 2. The highest BCUT2D eigenvalue weighted by Gasteiger charge is 2.33. The monoisotopic (exact) mass is 244 g/mol. The molecule has 3 rings (SSSR count). The van der Waals surface area contributed by atoms with Crippen LogP contribution < -0.4 is 4.74 Å². The van der Waals surface area contributed by atoms with Crippen LogP contribution in [0.4, 0.5) is 0 Å². The molecular weight excluding hydrogens is 228 g/mol. The van der Waals surface area contributed by atoms with E-state index in [1.165, 1.54) is 30.9 Å². The number of hydrogen-bond acceptors (Lipinski definition) is 3. The fraction of sp³-hybridized carbons (Fsp3) is 0.467. The molecule has 0 amide bonds. The molecule has 1 heterocycles. The largest absolute Gasteiger partial charge is 0.492 e. The average molecular weight is 244 g/mol. The summed E-state index contributed by atoms with van der Waals surface area (Å²) in [7, 11) is 0. The van der Waals surface area contributed by atoms with Crippen molar-refractivity contribution in [3.63, 3.8) is 0 Å². The Morgan fingerprint density at radius 1 is 1.22 bits per heavy atom. The molecule has 1 unspecified atom stereocenters. The highest BCUT2D eigenvalue weighted by molar-refractivity contribution is 6.12. The van der Waals surface area contributed by atoms with Crippen molar-refractivity contribution in [1.29, 1.82) is 0 Å². The molecule has 1 aliphatic heterocycles. The van der Waals surface area contributed by atoms with Gasteiger partial charge in [-0.2, -0.15) is 0 Å². The van der Waals surface area contributed by atoms with Gasteiger partial charge in [-0.25, -0.2) is 0 Å².